The van der Waals surface area contributed by atoms with Crippen molar-refractivity contribution in [2.75, 3.05) is 7.11 Å². The van der Waals surface area contributed by atoms with Gasteiger partial charge in [-0.15, -0.1) is 0 Å². The van der Waals surface area contributed by atoms with E-state index in [-0.39, 0.29) is 28.0 Å². The van der Waals surface area contributed by atoms with Gasteiger partial charge in [0.25, 0.3) is 5.69 Å². The van der Waals surface area contributed by atoms with Crippen LogP contribution in [-0.4, -0.2) is 39.2 Å². The maximum Gasteiger partial charge on any atom is 0.338 e. The number of rotatable bonds is 3. The van der Waals surface area contributed by atoms with E-state index in [9.17, 15) is 19.7 Å². The number of allylic oxidation sites excluding steroid dienone is 1. The van der Waals surface area contributed by atoms with Crippen LogP contribution < -0.4 is 0 Å². The Bertz CT molecular complexity index is 848. The van der Waals surface area contributed by atoms with Gasteiger partial charge < -0.3 is 4.74 Å². The van der Waals surface area contributed by atoms with Crippen LogP contribution in [0.1, 0.15) is 25.5 Å². The van der Waals surface area contributed by atoms with E-state index in [2.05, 4.69) is 4.99 Å². The molecule has 0 aromatic heterocycles. The van der Waals surface area contributed by atoms with Crippen molar-refractivity contribution >= 4 is 34.5 Å². The van der Waals surface area contributed by atoms with Crippen molar-refractivity contribution in [2.45, 2.75) is 25.1 Å². The van der Waals surface area contributed by atoms with E-state index in [1.807, 2.05) is 0 Å². The number of benzene rings is 1. The molecule has 0 saturated carbocycles. The molecule has 0 aliphatic carbocycles. The van der Waals surface area contributed by atoms with Gasteiger partial charge in [0.2, 0.25) is 5.91 Å². The maximum absolute atomic E-state index is 12.6. The minimum absolute atomic E-state index is 0.128. The first kappa shape index (κ1) is 17.2. The SMILES string of the molecule is COC(=O)C1=C(C)N=C2S[C@H](C)C(=O)N2[C@@H]1c1ccccc1[N+](=O)[O-]. The number of thioether (sulfide) groups is 1. The molecule has 1 amide bonds. The molecule has 9 heteroatoms. The summed E-state index contributed by atoms with van der Waals surface area (Å²) in [6, 6.07) is 5.13. The molecule has 2 heterocycles. The summed E-state index contributed by atoms with van der Waals surface area (Å²) < 4.78 is 4.84. The summed E-state index contributed by atoms with van der Waals surface area (Å²) in [6.45, 7) is 3.36. The van der Waals surface area contributed by atoms with Crippen LogP contribution in [0.25, 0.3) is 0 Å². The lowest BCUT2D eigenvalue weighted by atomic mass is 9.93. The lowest BCUT2D eigenvalue weighted by Gasteiger charge is -2.32. The van der Waals surface area contributed by atoms with Gasteiger partial charge in [-0.25, -0.2) is 9.79 Å². The predicted octanol–water partition coefficient (Wildman–Crippen LogP) is 2.42. The van der Waals surface area contributed by atoms with Gasteiger partial charge in [-0.3, -0.25) is 19.8 Å². The zero-order valence-corrected chi connectivity index (χ0v) is 14.6. The van der Waals surface area contributed by atoms with E-state index in [1.165, 1.54) is 35.9 Å². The Kier molecular flexibility index (Phi) is 4.34. The van der Waals surface area contributed by atoms with Gasteiger partial charge in [0, 0.05) is 6.07 Å². The number of fused-ring (bicyclic) bond motifs is 1. The highest BCUT2D eigenvalue weighted by Crippen LogP contribution is 2.45. The standard InChI is InChI=1S/C16H15N3O5S/c1-8-12(15(21)24-3)13(10-6-4-5-7-11(10)19(22)23)18-14(20)9(2)25-16(18)17-8/h4-7,9,13H,1-3H3/t9-,13-/m1/s1. The fourth-order valence-corrected chi connectivity index (χ4v) is 3.98. The molecule has 1 saturated heterocycles. The molecule has 2 atom stereocenters. The Hall–Kier alpha value is -2.68. The van der Waals surface area contributed by atoms with Gasteiger partial charge in [-0.05, 0) is 19.9 Å². The molecule has 1 aromatic carbocycles. The number of ether oxygens (including phenoxy) is 1. The van der Waals surface area contributed by atoms with Gasteiger partial charge in [0.05, 0.1) is 34.1 Å². The number of nitrogens with zero attached hydrogens (tertiary/aromatic N) is 3. The molecule has 2 aliphatic heterocycles. The topological polar surface area (TPSA) is 102 Å². The minimum Gasteiger partial charge on any atom is -0.466 e. The van der Waals surface area contributed by atoms with Crippen molar-refractivity contribution in [2.24, 2.45) is 4.99 Å². The summed E-state index contributed by atoms with van der Waals surface area (Å²) >= 11 is 1.27. The number of amides is 1. The van der Waals surface area contributed by atoms with Gasteiger partial charge in [-0.2, -0.15) is 0 Å². The van der Waals surface area contributed by atoms with E-state index in [0.717, 1.165) is 0 Å². The molecule has 130 valence electrons. The van der Waals surface area contributed by atoms with Crippen LogP contribution in [0.4, 0.5) is 5.69 Å². The Morgan fingerprint density at radius 1 is 1.40 bits per heavy atom. The number of carbonyl (C=O) groups excluding carboxylic acids is 2. The van der Waals surface area contributed by atoms with Crippen LogP contribution in [-0.2, 0) is 14.3 Å². The van der Waals surface area contributed by atoms with Crippen molar-refractivity contribution in [3.63, 3.8) is 0 Å². The largest absolute Gasteiger partial charge is 0.466 e. The van der Waals surface area contributed by atoms with E-state index >= 15 is 0 Å². The molecule has 2 aliphatic rings. The lowest BCUT2D eigenvalue weighted by Crippen LogP contribution is -2.40. The number of amidine groups is 1. The first-order valence-electron chi connectivity index (χ1n) is 7.47. The highest BCUT2D eigenvalue weighted by molar-refractivity contribution is 8.15. The molecule has 0 bridgehead atoms. The third-order valence-electron chi connectivity index (χ3n) is 4.09. The number of hydrogen-bond donors (Lipinski definition) is 0. The van der Waals surface area contributed by atoms with Crippen LogP contribution in [0.5, 0.6) is 0 Å². The highest BCUT2D eigenvalue weighted by Gasteiger charge is 2.47. The van der Waals surface area contributed by atoms with E-state index < -0.39 is 16.9 Å². The second-order valence-electron chi connectivity index (χ2n) is 5.57. The fourth-order valence-electron chi connectivity index (χ4n) is 2.95. The van der Waals surface area contributed by atoms with Gasteiger partial charge >= 0.3 is 5.97 Å². The second kappa shape index (κ2) is 6.32. The summed E-state index contributed by atoms with van der Waals surface area (Å²) in [4.78, 5) is 41.6. The normalized spacial score (nSPS) is 22.6. The van der Waals surface area contributed by atoms with Crippen molar-refractivity contribution in [3.8, 4) is 0 Å². The summed E-state index contributed by atoms with van der Waals surface area (Å²) in [5.41, 5.74) is 0.599. The predicted molar refractivity (Wildman–Crippen MR) is 91.9 cm³/mol. The number of nitro groups is 1. The van der Waals surface area contributed by atoms with E-state index in [0.29, 0.717) is 10.9 Å². The zero-order chi connectivity index (χ0) is 18.3. The Morgan fingerprint density at radius 2 is 2.08 bits per heavy atom. The van der Waals surface area contributed by atoms with Crippen LogP contribution >= 0.6 is 11.8 Å². The van der Waals surface area contributed by atoms with Crippen LogP contribution in [0, 0.1) is 10.1 Å². The first-order valence-corrected chi connectivity index (χ1v) is 8.35. The van der Waals surface area contributed by atoms with Gasteiger partial charge in [0.1, 0.15) is 6.04 Å². The van der Waals surface area contributed by atoms with Crippen molar-refractivity contribution in [1.82, 2.24) is 4.90 Å². The summed E-state index contributed by atoms with van der Waals surface area (Å²) in [6.07, 6.45) is 0. The molecule has 1 fully saturated rings. The number of hydrogen-bond acceptors (Lipinski definition) is 7. The lowest BCUT2D eigenvalue weighted by molar-refractivity contribution is -0.385. The summed E-state index contributed by atoms with van der Waals surface area (Å²) in [7, 11) is 1.22. The average molecular weight is 361 g/mol. The monoisotopic (exact) mass is 361 g/mol. The molecule has 3 rings (SSSR count). The number of para-hydroxylation sites is 1. The number of methoxy groups -OCH3 is 1. The zero-order valence-electron chi connectivity index (χ0n) is 13.8. The molecule has 0 unspecified atom stereocenters. The van der Waals surface area contributed by atoms with Gasteiger partial charge in [0.15, 0.2) is 5.17 Å². The highest BCUT2D eigenvalue weighted by atomic mass is 32.2. The molecular formula is C16H15N3O5S. The average Bonchev–Trinajstić information content (AvgIpc) is 2.87. The molecule has 0 radical (unpaired) electrons. The Labute approximate surface area is 147 Å². The number of carbonyl (C=O) groups is 2. The van der Waals surface area contributed by atoms with Crippen LogP contribution in [0.2, 0.25) is 0 Å². The van der Waals surface area contributed by atoms with E-state index in [4.69, 9.17) is 4.74 Å². The molecule has 8 nitrogen and oxygen atoms in total. The van der Waals surface area contributed by atoms with Crippen molar-refractivity contribution in [3.05, 3.63) is 51.2 Å². The molecule has 0 spiro atoms. The second-order valence-corrected chi connectivity index (χ2v) is 6.88. The van der Waals surface area contributed by atoms with Crippen LogP contribution in [0.15, 0.2) is 40.5 Å². The molecule has 1 aromatic rings. The number of esters is 1. The Morgan fingerprint density at radius 3 is 2.72 bits per heavy atom. The fraction of sp³-hybridized carbons (Fsp3) is 0.312. The Balaban J connectivity index is 2.26. The number of nitro benzene ring substituents is 1. The molecule has 25 heavy (non-hydrogen) atoms. The summed E-state index contributed by atoms with van der Waals surface area (Å²) in [5, 5.41) is 11.5. The first-order chi connectivity index (χ1) is 11.9. The molecular weight excluding hydrogens is 346 g/mol. The minimum atomic E-state index is -0.938. The quantitative estimate of drug-likeness (QED) is 0.465. The third-order valence-corrected chi connectivity index (χ3v) is 5.15. The smallest absolute Gasteiger partial charge is 0.338 e. The van der Waals surface area contributed by atoms with Crippen molar-refractivity contribution < 1.29 is 19.2 Å². The van der Waals surface area contributed by atoms with Crippen molar-refractivity contribution in [1.29, 1.82) is 0 Å². The molecule has 0 N–H and O–H groups in total. The summed E-state index contributed by atoms with van der Waals surface area (Å²) in [5.74, 6) is -0.915. The van der Waals surface area contributed by atoms with Gasteiger partial charge in [-0.1, -0.05) is 23.9 Å². The van der Waals surface area contributed by atoms with E-state index in [1.54, 1.807) is 26.0 Å². The third kappa shape index (κ3) is 2.70. The van der Waals surface area contributed by atoms with Crippen LogP contribution in [0.3, 0.4) is 0 Å². The maximum atomic E-state index is 12.6. The number of aliphatic imine (C=N–C) groups is 1.